The monoisotopic (exact) mass is 377 g/mol. The number of hydrogen-bond donors (Lipinski definition) is 2. The predicted octanol–water partition coefficient (Wildman–Crippen LogP) is 1.69. The Morgan fingerprint density at radius 3 is 2.52 bits per heavy atom. The van der Waals surface area contributed by atoms with Gasteiger partial charge in [0.1, 0.15) is 5.75 Å². The van der Waals surface area contributed by atoms with Crippen LogP contribution in [0.3, 0.4) is 0 Å². The number of carbonyl (C=O) groups excluding carboxylic acids is 1. The molecule has 1 aliphatic heterocycles. The molecule has 2 N–H and O–H groups in total. The fourth-order valence-corrected chi connectivity index (χ4v) is 3.56. The number of methoxy groups -OCH3 is 3. The molecule has 1 aromatic carbocycles. The molecule has 0 saturated carbocycles. The first-order chi connectivity index (χ1) is 13.1. The van der Waals surface area contributed by atoms with Crippen LogP contribution in [0.4, 0.5) is 0 Å². The summed E-state index contributed by atoms with van der Waals surface area (Å²) in [6.07, 6.45) is 8.25. The second kappa shape index (κ2) is 10.8. The van der Waals surface area contributed by atoms with Crippen LogP contribution in [0.25, 0.3) is 6.08 Å². The first kappa shape index (κ1) is 21.1. The smallest absolute Gasteiger partial charge is 0.244 e. The summed E-state index contributed by atoms with van der Waals surface area (Å²) >= 11 is 0. The van der Waals surface area contributed by atoms with Gasteiger partial charge in [-0.25, -0.2) is 0 Å². The van der Waals surface area contributed by atoms with Crippen LogP contribution in [0, 0.1) is 0 Å². The summed E-state index contributed by atoms with van der Waals surface area (Å²) in [6, 6.07) is 4.29. The van der Waals surface area contributed by atoms with Crippen LogP contribution in [0.1, 0.15) is 38.2 Å². The first-order valence-corrected chi connectivity index (χ1v) is 9.69. The molecule has 27 heavy (non-hydrogen) atoms. The SMILES string of the molecule is COc1cc(OC)c(OC)cc1/C=C/C(=O)NCCC[NH+]1CCCC[C@H]1C. The van der Waals surface area contributed by atoms with E-state index < -0.39 is 0 Å². The molecule has 1 unspecified atom stereocenters. The number of nitrogens with one attached hydrogen (secondary N) is 2. The molecule has 2 atom stereocenters. The number of quaternary nitrogens is 1. The first-order valence-electron chi connectivity index (χ1n) is 9.69. The molecule has 1 amide bonds. The third kappa shape index (κ3) is 6.17. The van der Waals surface area contributed by atoms with Crippen LogP contribution in [-0.4, -0.2) is 52.9 Å². The maximum absolute atomic E-state index is 12.1. The van der Waals surface area contributed by atoms with E-state index in [0.717, 1.165) is 24.6 Å². The normalized spacial score (nSPS) is 19.7. The molecule has 2 rings (SSSR count). The van der Waals surface area contributed by atoms with Crippen LogP contribution in [0.15, 0.2) is 18.2 Å². The highest BCUT2D eigenvalue weighted by atomic mass is 16.5. The van der Waals surface area contributed by atoms with Gasteiger partial charge in [-0.1, -0.05) is 0 Å². The minimum atomic E-state index is -0.103. The molecular formula is C21H33N2O4+. The van der Waals surface area contributed by atoms with Gasteiger partial charge in [-0.3, -0.25) is 4.79 Å². The van der Waals surface area contributed by atoms with E-state index in [1.165, 1.54) is 31.9 Å². The Hall–Kier alpha value is -2.21. The van der Waals surface area contributed by atoms with Gasteiger partial charge in [0.05, 0.1) is 40.5 Å². The van der Waals surface area contributed by atoms with Crippen molar-refractivity contribution < 1.29 is 23.9 Å². The van der Waals surface area contributed by atoms with Crippen LogP contribution < -0.4 is 24.4 Å². The van der Waals surface area contributed by atoms with Crippen LogP contribution in [0.5, 0.6) is 17.2 Å². The molecule has 6 heteroatoms. The number of likely N-dealkylation sites (tertiary alicyclic amines) is 1. The zero-order chi connectivity index (χ0) is 19.6. The molecule has 1 fully saturated rings. The lowest BCUT2D eigenvalue weighted by Gasteiger charge is -2.30. The standard InChI is InChI=1S/C21H32N2O4/c1-16-8-5-6-12-23(16)13-7-11-22-21(24)10-9-17-14-19(26-3)20(27-4)15-18(17)25-2/h9-10,14-16H,5-8,11-13H2,1-4H3,(H,22,24)/p+1/b10-9+/t16-/m1/s1. The number of hydrogen-bond acceptors (Lipinski definition) is 4. The zero-order valence-corrected chi connectivity index (χ0v) is 17.0. The van der Waals surface area contributed by atoms with Crippen molar-refractivity contribution in [2.45, 2.75) is 38.6 Å². The van der Waals surface area contributed by atoms with Crippen molar-refractivity contribution in [3.8, 4) is 17.2 Å². The molecular weight excluding hydrogens is 344 g/mol. The molecule has 1 saturated heterocycles. The molecule has 150 valence electrons. The Morgan fingerprint density at radius 2 is 1.85 bits per heavy atom. The topological polar surface area (TPSA) is 61.2 Å². The number of piperidine rings is 1. The Bertz CT molecular complexity index is 645. The second-order valence-corrected chi connectivity index (χ2v) is 6.98. The third-order valence-corrected chi connectivity index (χ3v) is 5.21. The molecule has 1 aliphatic rings. The van der Waals surface area contributed by atoms with E-state index in [2.05, 4.69) is 12.2 Å². The van der Waals surface area contributed by atoms with Crippen molar-refractivity contribution in [2.75, 3.05) is 41.0 Å². The van der Waals surface area contributed by atoms with Crippen molar-refractivity contribution in [1.82, 2.24) is 5.32 Å². The van der Waals surface area contributed by atoms with Gasteiger partial charge in [0.25, 0.3) is 0 Å². The summed E-state index contributed by atoms with van der Waals surface area (Å²) in [6.45, 7) is 5.40. The van der Waals surface area contributed by atoms with Gasteiger partial charge in [-0.05, 0) is 38.3 Å². The van der Waals surface area contributed by atoms with Gasteiger partial charge in [0, 0.05) is 30.7 Å². The number of rotatable bonds is 9. The van der Waals surface area contributed by atoms with E-state index in [4.69, 9.17) is 14.2 Å². The third-order valence-electron chi connectivity index (χ3n) is 5.21. The highest BCUT2D eigenvalue weighted by Gasteiger charge is 2.20. The Morgan fingerprint density at radius 1 is 1.15 bits per heavy atom. The van der Waals surface area contributed by atoms with Crippen molar-refractivity contribution >= 4 is 12.0 Å². The lowest BCUT2D eigenvalue weighted by Crippen LogP contribution is -3.16. The average molecular weight is 378 g/mol. The second-order valence-electron chi connectivity index (χ2n) is 6.98. The fourth-order valence-electron chi connectivity index (χ4n) is 3.56. The van der Waals surface area contributed by atoms with Gasteiger partial charge in [0.2, 0.25) is 5.91 Å². The molecule has 6 nitrogen and oxygen atoms in total. The van der Waals surface area contributed by atoms with E-state index in [1.807, 2.05) is 0 Å². The summed E-state index contributed by atoms with van der Waals surface area (Å²) in [5.74, 6) is 1.70. The van der Waals surface area contributed by atoms with Gasteiger partial charge in [0.15, 0.2) is 11.5 Å². The van der Waals surface area contributed by atoms with Crippen molar-refractivity contribution in [2.24, 2.45) is 0 Å². The maximum Gasteiger partial charge on any atom is 0.244 e. The molecule has 0 aliphatic carbocycles. The van der Waals surface area contributed by atoms with E-state index in [-0.39, 0.29) is 5.91 Å². The molecule has 0 radical (unpaired) electrons. The highest BCUT2D eigenvalue weighted by Crippen LogP contribution is 2.35. The summed E-state index contributed by atoms with van der Waals surface area (Å²) in [5, 5.41) is 2.96. The van der Waals surface area contributed by atoms with Crippen LogP contribution in [-0.2, 0) is 4.79 Å². The quantitative estimate of drug-likeness (QED) is 0.508. The molecule has 0 bridgehead atoms. The fraction of sp³-hybridized carbons (Fsp3) is 0.571. The van der Waals surface area contributed by atoms with E-state index in [0.29, 0.717) is 23.8 Å². The summed E-state index contributed by atoms with van der Waals surface area (Å²) < 4.78 is 16.0. The molecule has 1 aromatic rings. The Labute approximate surface area is 162 Å². The van der Waals surface area contributed by atoms with Gasteiger partial charge in [-0.15, -0.1) is 0 Å². The van der Waals surface area contributed by atoms with Crippen molar-refractivity contribution in [3.63, 3.8) is 0 Å². The molecule has 1 heterocycles. The van der Waals surface area contributed by atoms with E-state index in [9.17, 15) is 4.79 Å². The zero-order valence-electron chi connectivity index (χ0n) is 17.0. The van der Waals surface area contributed by atoms with Crippen LogP contribution in [0.2, 0.25) is 0 Å². The Balaban J connectivity index is 1.85. The summed E-state index contributed by atoms with van der Waals surface area (Å²) in [4.78, 5) is 13.8. The lowest BCUT2D eigenvalue weighted by atomic mass is 10.0. The van der Waals surface area contributed by atoms with Gasteiger partial charge in [-0.2, -0.15) is 0 Å². The van der Waals surface area contributed by atoms with Crippen LogP contribution >= 0.6 is 0 Å². The van der Waals surface area contributed by atoms with Gasteiger partial charge >= 0.3 is 0 Å². The van der Waals surface area contributed by atoms with E-state index in [1.54, 1.807) is 44.4 Å². The number of benzene rings is 1. The minimum Gasteiger partial charge on any atom is -0.496 e. The minimum absolute atomic E-state index is 0.103. The number of ether oxygens (including phenoxy) is 3. The maximum atomic E-state index is 12.1. The highest BCUT2D eigenvalue weighted by molar-refractivity contribution is 5.92. The number of amides is 1. The average Bonchev–Trinajstić information content (AvgIpc) is 2.70. The molecule has 0 spiro atoms. The molecule has 0 aromatic heterocycles. The van der Waals surface area contributed by atoms with Crippen molar-refractivity contribution in [3.05, 3.63) is 23.8 Å². The Kier molecular flexibility index (Phi) is 8.45. The summed E-state index contributed by atoms with van der Waals surface area (Å²) in [7, 11) is 4.74. The lowest BCUT2D eigenvalue weighted by molar-refractivity contribution is -0.928. The van der Waals surface area contributed by atoms with Crippen molar-refractivity contribution in [1.29, 1.82) is 0 Å². The predicted molar refractivity (Wildman–Crippen MR) is 107 cm³/mol. The number of carbonyl (C=O) groups is 1. The van der Waals surface area contributed by atoms with Gasteiger partial charge < -0.3 is 24.4 Å². The summed E-state index contributed by atoms with van der Waals surface area (Å²) in [5.41, 5.74) is 0.761. The van der Waals surface area contributed by atoms with E-state index >= 15 is 0 Å². The largest absolute Gasteiger partial charge is 0.496 e.